The molecule has 0 unspecified atom stereocenters. The molecule has 0 aliphatic heterocycles. The van der Waals surface area contributed by atoms with E-state index in [4.69, 9.17) is 17.1 Å². The molecule has 32 heavy (non-hydrogen) atoms. The summed E-state index contributed by atoms with van der Waals surface area (Å²) in [5, 5.41) is 10.6. The van der Waals surface area contributed by atoms with Crippen LogP contribution in [0.3, 0.4) is 0 Å². The van der Waals surface area contributed by atoms with Gasteiger partial charge in [0.1, 0.15) is 16.9 Å². The van der Waals surface area contributed by atoms with Crippen molar-refractivity contribution < 1.29 is 27.5 Å². The van der Waals surface area contributed by atoms with Gasteiger partial charge in [0.2, 0.25) is 0 Å². The minimum absolute atomic E-state index is 0. The molecule has 0 amide bonds. The fourth-order valence-corrected chi connectivity index (χ4v) is 3.02. The molecular formula is C20H15EsF4N4O3-. The summed E-state index contributed by atoms with van der Waals surface area (Å²) in [5.74, 6) is -1.33. The second kappa shape index (κ2) is 9.44. The van der Waals surface area contributed by atoms with Gasteiger partial charge in [0, 0.05) is 6.42 Å². The number of carbonyl (C=O) groups is 1. The van der Waals surface area contributed by atoms with Gasteiger partial charge in [0.05, 0.1) is 30.5 Å². The molecule has 12 heteroatoms. The molecule has 1 atom stereocenters. The quantitative estimate of drug-likeness (QED) is 0.313. The number of ketones is 1. The molecule has 3 aromatic rings. The molecule has 1 heterocycles. The van der Waals surface area contributed by atoms with E-state index in [0.717, 1.165) is 12.1 Å². The summed E-state index contributed by atoms with van der Waals surface area (Å²) < 4.78 is 54.7. The van der Waals surface area contributed by atoms with Crippen LogP contribution in [0.15, 0.2) is 42.7 Å². The van der Waals surface area contributed by atoms with E-state index in [1.54, 1.807) is 6.07 Å². The molecule has 7 nitrogen and oxygen atoms in total. The Bertz CT molecular complexity index is 1160. The first-order valence-electron chi connectivity index (χ1n) is 8.64. The molecule has 0 bridgehead atoms. The van der Waals surface area contributed by atoms with Crippen molar-refractivity contribution in [1.82, 2.24) is 9.55 Å². The number of alkyl halides is 3. The van der Waals surface area contributed by atoms with Crippen molar-refractivity contribution in [2.24, 2.45) is 0 Å². The average Bonchev–Trinajstić information content (AvgIpc) is 3.12. The first-order valence-corrected chi connectivity index (χ1v) is 8.64. The Labute approximate surface area is 173 Å². The number of hydrogen-bond acceptors (Lipinski definition) is 4. The van der Waals surface area contributed by atoms with Gasteiger partial charge in [0.25, 0.3) is 0 Å². The largest absolute Gasteiger partial charge is 0.577 e. The molecule has 0 spiro atoms. The number of fused-ring (bicyclic) bond motifs is 1. The number of para-hydroxylation sites is 1. The van der Waals surface area contributed by atoms with Crippen LogP contribution in [0.25, 0.3) is 21.5 Å². The van der Waals surface area contributed by atoms with Crippen molar-refractivity contribution in [2.75, 3.05) is 0 Å². The molecule has 1 aromatic heterocycles. The van der Waals surface area contributed by atoms with E-state index in [9.17, 15) is 27.5 Å². The molecule has 0 saturated carbocycles. The SMILES string of the molecule is [C-]#[N+]c1ccc(CC(=O)[C@@](C)(O)Cn2cnc3cccc(F)c32)cc1C(F)(F)F.[Es].[N-]=O. The maximum Gasteiger partial charge on any atom is 0.407 e. The number of benzene rings is 2. The topological polar surface area (TPSA) is 98.8 Å². The van der Waals surface area contributed by atoms with Gasteiger partial charge >= 0.3 is 6.18 Å². The van der Waals surface area contributed by atoms with Crippen molar-refractivity contribution in [3.63, 3.8) is 0 Å². The summed E-state index contributed by atoms with van der Waals surface area (Å²) in [7, 11) is 0. The third kappa shape index (κ3) is 5.09. The summed E-state index contributed by atoms with van der Waals surface area (Å²) in [6.45, 7) is 7.73. The second-order valence-corrected chi connectivity index (χ2v) is 6.81. The number of halogens is 4. The molecule has 0 saturated heterocycles. The van der Waals surface area contributed by atoms with Gasteiger partial charge in [0.15, 0.2) is 11.5 Å². The zero-order valence-corrected chi connectivity index (χ0v) is 18.8. The number of Topliss-reactive ketones (excluding diaryl/α,β-unsaturated/α-hetero) is 1. The van der Waals surface area contributed by atoms with Gasteiger partial charge in [-0.25, -0.2) is 14.2 Å². The van der Waals surface area contributed by atoms with Crippen LogP contribution in [-0.2, 0) is 23.9 Å². The Balaban J connectivity index is 0.00000166. The van der Waals surface area contributed by atoms with Crippen molar-refractivity contribution in [2.45, 2.75) is 31.7 Å². The Kier molecular flexibility index (Phi) is 7.49. The maximum atomic E-state index is 14.1. The number of nitrogens with zero attached hydrogens (tertiary/aromatic N) is 4. The van der Waals surface area contributed by atoms with Crippen molar-refractivity contribution >= 4 is 22.5 Å². The minimum atomic E-state index is -4.74. The molecular weight excluding hydrogens is 672 g/mol. The second-order valence-electron chi connectivity index (χ2n) is 6.81. The van der Waals surface area contributed by atoms with Gasteiger partial charge in [-0.15, -0.1) is 0 Å². The van der Waals surface area contributed by atoms with E-state index in [1.807, 2.05) is 0 Å². The van der Waals surface area contributed by atoms with Crippen LogP contribution < -0.4 is 0 Å². The summed E-state index contributed by atoms with van der Waals surface area (Å²) in [6, 6.07) is 7.23. The number of rotatable bonds is 5. The van der Waals surface area contributed by atoms with Crippen LogP contribution in [0.1, 0.15) is 18.1 Å². The zero-order chi connectivity index (χ0) is 23.4. The minimum Gasteiger partial charge on any atom is -0.577 e. The summed E-state index contributed by atoms with van der Waals surface area (Å²) in [5.41, 5.74) is 2.53. The molecule has 3 rings (SSSR count). The third-order valence-corrected chi connectivity index (χ3v) is 4.52. The molecule has 2 aromatic carbocycles. The van der Waals surface area contributed by atoms with Crippen molar-refractivity contribution in [1.29, 1.82) is 0 Å². The molecule has 0 fully saturated rings. The Morgan fingerprint density at radius 1 is 1.25 bits per heavy atom. The fourth-order valence-electron chi connectivity index (χ4n) is 3.02. The number of hydrogen-bond donors (Lipinski definition) is 1. The standard InChI is InChI=1S/C20H15F4N3O2.Es.NO/c1-19(29,10-27-11-26-16-5-3-4-14(21)18(16)27)17(28)9-12-6-7-15(25-2)13(8-12)20(22,23)24;;1-2/h3-8,11,29H,9-10H2,1H3;;/q;;-1/t19-;;/m0../s1. The smallest absolute Gasteiger partial charge is 0.407 e. The first-order chi connectivity index (χ1) is 14.5. The average molecular weight is 687 g/mol. The van der Waals surface area contributed by atoms with E-state index in [0.29, 0.717) is 5.52 Å². The zero-order valence-electron chi connectivity index (χ0n) is 16.3. The number of carbonyl (C=O) groups excluding carboxylic acids is 1. The molecule has 0 aliphatic carbocycles. The number of nitroso groups, excluding NO2 is 1. The van der Waals surface area contributed by atoms with Crippen LogP contribution in [0.4, 0.5) is 23.2 Å². The van der Waals surface area contributed by atoms with Gasteiger partial charge < -0.3 is 20.2 Å². The van der Waals surface area contributed by atoms with Crippen molar-refractivity contribution in [3.8, 4) is 0 Å². The van der Waals surface area contributed by atoms with E-state index < -0.39 is 41.0 Å². The summed E-state index contributed by atoms with van der Waals surface area (Å²) in [4.78, 5) is 26.7. The van der Waals surface area contributed by atoms with E-state index in [1.165, 1.54) is 36.0 Å². The molecule has 0 aliphatic rings. The van der Waals surface area contributed by atoms with Crippen LogP contribution in [-0.4, -0.2) is 26.0 Å². The van der Waals surface area contributed by atoms with Gasteiger partial charge in [-0.2, -0.15) is 13.2 Å². The monoisotopic (exact) mass is 687 g/mol. The van der Waals surface area contributed by atoms with Gasteiger partial charge in [-0.1, -0.05) is 24.3 Å². The van der Waals surface area contributed by atoms with Gasteiger partial charge in [-0.05, 0) is 24.6 Å². The van der Waals surface area contributed by atoms with Gasteiger partial charge in [-0.3, -0.25) is 4.79 Å². The van der Waals surface area contributed by atoms with Crippen LogP contribution >= 0.6 is 0 Å². The molecule has 1 N–H and O–H groups in total. The van der Waals surface area contributed by atoms with Crippen LogP contribution in [0.5, 0.6) is 0 Å². The molecule has 1 radical (unpaired) electrons. The van der Waals surface area contributed by atoms with Crippen LogP contribution in [0, 0.1) is 17.3 Å². The van der Waals surface area contributed by atoms with Crippen LogP contribution in [0.2, 0.25) is 0 Å². The number of imidazole rings is 1. The summed E-state index contributed by atoms with van der Waals surface area (Å²) in [6.07, 6.45) is -3.94. The van der Waals surface area contributed by atoms with Crippen molar-refractivity contribution in [3.05, 3.63) is 81.6 Å². The third-order valence-electron chi connectivity index (χ3n) is 4.52. The van der Waals surface area contributed by atoms with E-state index in [-0.39, 0.29) is 17.6 Å². The Hall–Kier alpha value is -4.65. The normalized spacial score (nSPS) is 12.7. The van der Waals surface area contributed by atoms with E-state index in [2.05, 4.69) is 9.83 Å². The molecule has 173 valence electrons. The predicted molar refractivity (Wildman–Crippen MR) is 103 cm³/mol. The predicted octanol–water partition coefficient (Wildman–Crippen LogP) is 4.63. The Morgan fingerprint density at radius 3 is 2.50 bits per heavy atom. The maximum absolute atomic E-state index is 14.1. The fraction of sp³-hybridized carbons (Fsp3) is 0.250. The van der Waals surface area contributed by atoms with E-state index >= 15 is 0 Å². The first kappa shape index (κ1) is 25.4. The number of aromatic nitrogens is 2. The number of aliphatic hydroxyl groups is 1. The summed E-state index contributed by atoms with van der Waals surface area (Å²) >= 11 is 0. The Morgan fingerprint density at radius 2 is 1.91 bits per heavy atom.